The minimum atomic E-state index is -0.190. The van der Waals surface area contributed by atoms with Gasteiger partial charge in [0.25, 0.3) is 0 Å². The molecule has 0 atom stereocenters. The van der Waals surface area contributed by atoms with Crippen molar-refractivity contribution in [2.24, 2.45) is 5.92 Å². The summed E-state index contributed by atoms with van der Waals surface area (Å²) in [4.78, 5) is 11.2. The van der Waals surface area contributed by atoms with Gasteiger partial charge in [0.1, 0.15) is 0 Å². The number of carbonyl (C=O) groups is 1. The van der Waals surface area contributed by atoms with Gasteiger partial charge in [0.2, 0.25) is 0 Å². The van der Waals surface area contributed by atoms with Crippen molar-refractivity contribution >= 4 is 28.6 Å². The van der Waals surface area contributed by atoms with Gasteiger partial charge in [0.15, 0.2) is 0 Å². The predicted octanol–water partition coefficient (Wildman–Crippen LogP) is 3.06. The normalized spacial score (nSPS) is 19.9. The van der Waals surface area contributed by atoms with Crippen LogP contribution in [0.25, 0.3) is 0 Å². The summed E-state index contributed by atoms with van der Waals surface area (Å²) in [7, 11) is 1.43. The van der Waals surface area contributed by atoms with Gasteiger partial charge in [-0.2, -0.15) is 0 Å². The zero-order chi connectivity index (χ0) is 9.84. The van der Waals surface area contributed by atoms with E-state index < -0.39 is 0 Å². The molecule has 1 saturated carbocycles. The Kier molecular flexibility index (Phi) is 4.22. The lowest BCUT2D eigenvalue weighted by Gasteiger charge is -2.11. The summed E-state index contributed by atoms with van der Waals surface area (Å²) in [6.07, 6.45) is 5.06. The van der Waals surface area contributed by atoms with E-state index in [2.05, 4.69) is 34.3 Å². The zero-order valence-corrected chi connectivity index (χ0v) is 10.3. The van der Waals surface area contributed by atoms with E-state index in [0.29, 0.717) is 5.92 Å². The van der Waals surface area contributed by atoms with Crippen LogP contribution in [0.5, 0.6) is 0 Å². The molecule has 0 aromatic rings. The number of hydrogen-bond donors (Lipinski definition) is 0. The molecule has 0 aromatic carbocycles. The third-order valence-corrected chi connectivity index (χ3v) is 3.97. The molecule has 1 rings (SSSR count). The molecule has 3 heteroatoms. The topological polar surface area (TPSA) is 26.3 Å². The van der Waals surface area contributed by atoms with E-state index in [9.17, 15) is 4.79 Å². The van der Waals surface area contributed by atoms with Gasteiger partial charge in [-0.15, -0.1) is 0 Å². The van der Waals surface area contributed by atoms with Crippen LogP contribution in [0.4, 0.5) is 0 Å². The molecule has 2 nitrogen and oxygen atoms in total. The first-order chi connectivity index (χ1) is 6.16. The van der Waals surface area contributed by atoms with Crippen LogP contribution in [0.1, 0.15) is 32.6 Å². The maximum Gasteiger partial charge on any atom is 0.344 e. The number of ether oxygens (including phenoxy) is 1. The van der Waals surface area contributed by atoms with Gasteiger partial charge in [-0.25, -0.2) is 4.79 Å². The second kappa shape index (κ2) is 4.98. The van der Waals surface area contributed by atoms with Gasteiger partial charge in [-0.1, -0.05) is 12.8 Å². The zero-order valence-electron chi connectivity index (χ0n) is 8.10. The van der Waals surface area contributed by atoms with Crippen LogP contribution in [0.15, 0.2) is 9.15 Å². The Bertz CT molecular complexity index is 227. The monoisotopic (exact) mass is 294 g/mol. The molecular weight excluding hydrogens is 279 g/mol. The smallest absolute Gasteiger partial charge is 0.344 e. The summed E-state index contributed by atoms with van der Waals surface area (Å²) in [6, 6.07) is 0. The molecule has 0 radical (unpaired) electrons. The lowest BCUT2D eigenvalue weighted by atomic mass is 9.99. The average molecular weight is 294 g/mol. The Morgan fingerprint density at radius 2 is 1.92 bits per heavy atom. The van der Waals surface area contributed by atoms with Crippen molar-refractivity contribution in [2.75, 3.05) is 7.11 Å². The number of rotatable bonds is 2. The summed E-state index contributed by atoms with van der Waals surface area (Å²) in [6.45, 7) is 2.05. The van der Waals surface area contributed by atoms with Crippen LogP contribution in [-0.4, -0.2) is 13.1 Å². The first-order valence-electron chi connectivity index (χ1n) is 4.61. The van der Waals surface area contributed by atoms with Crippen molar-refractivity contribution in [1.29, 1.82) is 0 Å². The van der Waals surface area contributed by atoms with Gasteiger partial charge in [-0.3, -0.25) is 0 Å². The summed E-state index contributed by atoms with van der Waals surface area (Å²) < 4.78 is 5.46. The molecule has 0 aliphatic heterocycles. The minimum Gasteiger partial charge on any atom is -0.465 e. The molecule has 74 valence electrons. The molecule has 13 heavy (non-hydrogen) atoms. The molecule has 0 unspecified atom stereocenters. The van der Waals surface area contributed by atoms with Crippen LogP contribution in [0, 0.1) is 5.92 Å². The van der Waals surface area contributed by atoms with E-state index in [4.69, 9.17) is 0 Å². The molecular formula is C10H15IO2. The number of halogens is 1. The maximum atomic E-state index is 11.2. The lowest BCUT2D eigenvalue weighted by Crippen LogP contribution is -2.06. The molecule has 0 amide bonds. The first-order valence-corrected chi connectivity index (χ1v) is 5.69. The predicted molar refractivity (Wildman–Crippen MR) is 60.7 cm³/mol. The number of methoxy groups -OCH3 is 1. The van der Waals surface area contributed by atoms with Crippen molar-refractivity contribution in [1.82, 2.24) is 0 Å². The van der Waals surface area contributed by atoms with Crippen LogP contribution in [-0.2, 0) is 9.53 Å². The highest BCUT2D eigenvalue weighted by Gasteiger charge is 2.21. The fourth-order valence-corrected chi connectivity index (χ4v) is 2.45. The third-order valence-electron chi connectivity index (χ3n) is 2.68. The minimum absolute atomic E-state index is 0.190. The first kappa shape index (κ1) is 11.0. The number of hydrogen-bond acceptors (Lipinski definition) is 2. The summed E-state index contributed by atoms with van der Waals surface area (Å²) in [5.41, 5.74) is 1.21. The summed E-state index contributed by atoms with van der Waals surface area (Å²) >= 11 is 2.09. The fourth-order valence-electron chi connectivity index (χ4n) is 1.79. The summed E-state index contributed by atoms with van der Waals surface area (Å²) in [5, 5.41) is 0. The number of allylic oxidation sites excluding steroid dienone is 1. The average Bonchev–Trinajstić information content (AvgIpc) is 2.67. The van der Waals surface area contributed by atoms with Crippen LogP contribution in [0.3, 0.4) is 0 Å². The fraction of sp³-hybridized carbons (Fsp3) is 0.700. The maximum absolute atomic E-state index is 11.2. The standard InChI is InChI=1S/C10H15IO2/c1-7(8-5-3-4-6-8)9(11)10(12)13-2/h8H,3-6H2,1-2H3/b9-7+. The molecule has 0 aromatic heterocycles. The molecule has 0 spiro atoms. The van der Waals surface area contributed by atoms with Crippen LogP contribution in [0.2, 0.25) is 0 Å². The Morgan fingerprint density at radius 3 is 2.38 bits per heavy atom. The van der Waals surface area contributed by atoms with E-state index in [1.165, 1.54) is 38.4 Å². The molecule has 1 aliphatic rings. The Hall–Kier alpha value is -0.0600. The Morgan fingerprint density at radius 1 is 1.38 bits per heavy atom. The van der Waals surface area contributed by atoms with Crippen molar-refractivity contribution in [3.63, 3.8) is 0 Å². The van der Waals surface area contributed by atoms with Gasteiger partial charge in [-0.05, 0) is 53.8 Å². The van der Waals surface area contributed by atoms with Gasteiger partial charge in [0, 0.05) is 0 Å². The van der Waals surface area contributed by atoms with Gasteiger partial charge < -0.3 is 4.74 Å². The molecule has 1 aliphatic carbocycles. The van der Waals surface area contributed by atoms with Gasteiger partial charge in [0.05, 0.1) is 10.7 Å². The van der Waals surface area contributed by atoms with E-state index in [0.717, 1.165) is 3.58 Å². The molecule has 1 fully saturated rings. The summed E-state index contributed by atoms with van der Waals surface area (Å²) in [5.74, 6) is 0.427. The SMILES string of the molecule is COC(=O)/C(I)=C(/C)C1CCCC1. The third kappa shape index (κ3) is 2.69. The van der Waals surface area contributed by atoms with Crippen molar-refractivity contribution in [3.05, 3.63) is 9.15 Å². The quantitative estimate of drug-likeness (QED) is 0.444. The van der Waals surface area contributed by atoms with Crippen molar-refractivity contribution < 1.29 is 9.53 Å². The van der Waals surface area contributed by atoms with E-state index >= 15 is 0 Å². The largest absolute Gasteiger partial charge is 0.465 e. The van der Waals surface area contributed by atoms with Crippen molar-refractivity contribution in [2.45, 2.75) is 32.6 Å². The van der Waals surface area contributed by atoms with Gasteiger partial charge >= 0.3 is 5.97 Å². The Labute approximate surface area is 92.9 Å². The van der Waals surface area contributed by atoms with Crippen molar-refractivity contribution in [3.8, 4) is 0 Å². The lowest BCUT2D eigenvalue weighted by molar-refractivity contribution is -0.135. The highest BCUT2D eigenvalue weighted by atomic mass is 127. The second-order valence-electron chi connectivity index (χ2n) is 3.47. The molecule has 0 bridgehead atoms. The molecule has 0 N–H and O–H groups in total. The highest BCUT2D eigenvalue weighted by molar-refractivity contribution is 14.1. The van der Waals surface area contributed by atoms with E-state index in [1.807, 2.05) is 0 Å². The molecule has 0 saturated heterocycles. The van der Waals surface area contributed by atoms with Crippen LogP contribution >= 0.6 is 22.6 Å². The number of carbonyl (C=O) groups excluding carboxylic acids is 1. The second-order valence-corrected chi connectivity index (χ2v) is 4.55. The van der Waals surface area contributed by atoms with E-state index in [1.54, 1.807) is 0 Å². The highest BCUT2D eigenvalue weighted by Crippen LogP contribution is 2.34. The number of esters is 1. The van der Waals surface area contributed by atoms with Crippen LogP contribution < -0.4 is 0 Å². The van der Waals surface area contributed by atoms with E-state index in [-0.39, 0.29) is 5.97 Å². The Balaban J connectivity index is 2.71. The molecule has 0 heterocycles.